The quantitative estimate of drug-likeness (QED) is 0.823. The minimum Gasteiger partial charge on any atom is -0.478 e. The van der Waals surface area contributed by atoms with Crippen LogP contribution in [0.15, 0.2) is 12.1 Å². The van der Waals surface area contributed by atoms with Crippen LogP contribution in [0.1, 0.15) is 29.4 Å². The monoisotopic (exact) mass is 268 g/mol. The highest BCUT2D eigenvalue weighted by Gasteiger charge is 2.10. The molecule has 0 amide bonds. The molecule has 0 radical (unpaired) electrons. The summed E-state index contributed by atoms with van der Waals surface area (Å²) < 4.78 is 0. The number of thioether (sulfide) groups is 1. The van der Waals surface area contributed by atoms with Crippen LogP contribution in [0.2, 0.25) is 0 Å². The largest absolute Gasteiger partial charge is 0.478 e. The number of hydrogen-bond donors (Lipinski definition) is 1. The number of hydrogen-bond acceptors (Lipinski definition) is 4. The standard InChI is InChI=1S/C13H20N2O2S/c1-4-5-11-8-10(13(16)17)9-12(14-11)15(2)6-7-18-3/h8-9H,4-7H2,1-3H3,(H,16,17). The summed E-state index contributed by atoms with van der Waals surface area (Å²) in [6, 6.07) is 3.31. The average Bonchev–Trinajstić information content (AvgIpc) is 2.35. The molecule has 1 aromatic rings. The third kappa shape index (κ3) is 4.22. The number of anilines is 1. The van der Waals surface area contributed by atoms with Crippen molar-refractivity contribution in [2.24, 2.45) is 0 Å². The first-order valence-electron chi connectivity index (χ1n) is 6.02. The molecule has 0 atom stereocenters. The van der Waals surface area contributed by atoms with Crippen molar-refractivity contribution in [3.05, 3.63) is 23.4 Å². The summed E-state index contributed by atoms with van der Waals surface area (Å²) in [6.07, 6.45) is 3.83. The van der Waals surface area contributed by atoms with Gasteiger partial charge < -0.3 is 10.0 Å². The van der Waals surface area contributed by atoms with Crippen molar-refractivity contribution in [2.45, 2.75) is 19.8 Å². The normalized spacial score (nSPS) is 10.4. The Hall–Kier alpha value is -1.23. The fourth-order valence-corrected chi connectivity index (χ4v) is 2.07. The number of aromatic nitrogens is 1. The van der Waals surface area contributed by atoms with Gasteiger partial charge in [-0.25, -0.2) is 9.78 Å². The molecule has 18 heavy (non-hydrogen) atoms. The third-order valence-corrected chi connectivity index (χ3v) is 3.23. The van der Waals surface area contributed by atoms with Crippen molar-refractivity contribution in [1.29, 1.82) is 0 Å². The SMILES string of the molecule is CCCc1cc(C(=O)O)cc(N(C)CCSC)n1. The molecule has 0 saturated heterocycles. The molecule has 4 nitrogen and oxygen atoms in total. The summed E-state index contributed by atoms with van der Waals surface area (Å²) in [5.41, 5.74) is 1.17. The molecule has 0 fully saturated rings. The van der Waals surface area contributed by atoms with Gasteiger partial charge in [-0.2, -0.15) is 11.8 Å². The van der Waals surface area contributed by atoms with Gasteiger partial charge in [0.05, 0.1) is 5.56 Å². The smallest absolute Gasteiger partial charge is 0.335 e. The average molecular weight is 268 g/mol. The molecule has 0 bridgehead atoms. The topological polar surface area (TPSA) is 53.4 Å². The lowest BCUT2D eigenvalue weighted by Crippen LogP contribution is -2.22. The fourth-order valence-electron chi connectivity index (χ4n) is 1.62. The molecule has 0 saturated carbocycles. The second-order valence-corrected chi connectivity index (χ2v) is 5.16. The van der Waals surface area contributed by atoms with Crippen LogP contribution in [-0.2, 0) is 6.42 Å². The highest BCUT2D eigenvalue weighted by Crippen LogP contribution is 2.15. The van der Waals surface area contributed by atoms with E-state index in [9.17, 15) is 4.79 Å². The maximum atomic E-state index is 11.1. The zero-order valence-corrected chi connectivity index (χ0v) is 12.0. The molecule has 1 aromatic heterocycles. The predicted molar refractivity (Wildman–Crippen MR) is 76.8 cm³/mol. The molecule has 0 spiro atoms. The van der Waals surface area contributed by atoms with Gasteiger partial charge >= 0.3 is 5.97 Å². The van der Waals surface area contributed by atoms with Crippen LogP contribution in [0.4, 0.5) is 5.82 Å². The van der Waals surface area contributed by atoms with Crippen LogP contribution in [-0.4, -0.2) is 41.7 Å². The molecule has 0 unspecified atom stereocenters. The molecule has 5 heteroatoms. The van der Waals surface area contributed by atoms with Crippen LogP contribution < -0.4 is 4.90 Å². The molecule has 0 aliphatic heterocycles. The Bertz CT molecular complexity index is 410. The van der Waals surface area contributed by atoms with Gasteiger partial charge in [-0.15, -0.1) is 0 Å². The lowest BCUT2D eigenvalue weighted by Gasteiger charge is -2.19. The first kappa shape index (κ1) is 14.8. The fraction of sp³-hybridized carbons (Fsp3) is 0.538. The molecule has 0 aromatic carbocycles. The number of carbonyl (C=O) groups is 1. The van der Waals surface area contributed by atoms with Crippen LogP contribution in [0, 0.1) is 0 Å². The van der Waals surface area contributed by atoms with E-state index in [0.29, 0.717) is 5.56 Å². The van der Waals surface area contributed by atoms with Gasteiger partial charge in [0.2, 0.25) is 0 Å². The van der Waals surface area contributed by atoms with E-state index in [1.165, 1.54) is 0 Å². The van der Waals surface area contributed by atoms with E-state index in [1.54, 1.807) is 23.9 Å². The molecule has 0 aliphatic rings. The number of aromatic carboxylic acids is 1. The van der Waals surface area contributed by atoms with E-state index in [2.05, 4.69) is 18.2 Å². The number of carboxylic acid groups (broad SMARTS) is 1. The summed E-state index contributed by atoms with van der Waals surface area (Å²) in [5.74, 6) is 0.847. The predicted octanol–water partition coefficient (Wildman–Crippen LogP) is 2.53. The van der Waals surface area contributed by atoms with Crippen LogP contribution in [0.25, 0.3) is 0 Å². The Labute approximate surface area is 112 Å². The van der Waals surface area contributed by atoms with Gasteiger partial charge in [0.1, 0.15) is 5.82 Å². The second kappa shape index (κ2) is 7.26. The van der Waals surface area contributed by atoms with Crippen molar-refractivity contribution in [2.75, 3.05) is 30.5 Å². The van der Waals surface area contributed by atoms with Gasteiger partial charge in [0.25, 0.3) is 0 Å². The first-order chi connectivity index (χ1) is 8.58. The number of pyridine rings is 1. The number of nitrogens with zero attached hydrogens (tertiary/aromatic N) is 2. The van der Waals surface area contributed by atoms with Crippen molar-refractivity contribution in [3.8, 4) is 0 Å². The molecule has 1 rings (SSSR count). The highest BCUT2D eigenvalue weighted by molar-refractivity contribution is 7.98. The van der Waals surface area contributed by atoms with Crippen molar-refractivity contribution < 1.29 is 9.90 Å². The van der Waals surface area contributed by atoms with Crippen LogP contribution in [0.5, 0.6) is 0 Å². The molecule has 100 valence electrons. The van der Waals surface area contributed by atoms with Gasteiger partial charge in [-0.3, -0.25) is 0 Å². The summed E-state index contributed by atoms with van der Waals surface area (Å²) in [6.45, 7) is 2.93. The summed E-state index contributed by atoms with van der Waals surface area (Å²) in [7, 11) is 1.94. The Morgan fingerprint density at radius 3 is 2.78 bits per heavy atom. The summed E-state index contributed by atoms with van der Waals surface area (Å²) in [4.78, 5) is 17.6. The zero-order valence-electron chi connectivity index (χ0n) is 11.1. The molecular weight excluding hydrogens is 248 g/mol. The second-order valence-electron chi connectivity index (χ2n) is 4.17. The van der Waals surface area contributed by atoms with Gasteiger partial charge in [-0.1, -0.05) is 13.3 Å². The molecule has 1 heterocycles. The van der Waals surface area contributed by atoms with Crippen molar-refractivity contribution in [1.82, 2.24) is 4.98 Å². The zero-order chi connectivity index (χ0) is 13.5. The van der Waals surface area contributed by atoms with E-state index in [0.717, 1.165) is 36.7 Å². The first-order valence-corrected chi connectivity index (χ1v) is 7.42. The Balaban J connectivity index is 2.98. The van der Waals surface area contributed by atoms with Crippen LogP contribution >= 0.6 is 11.8 Å². The van der Waals surface area contributed by atoms with Gasteiger partial charge in [0.15, 0.2) is 0 Å². The highest BCUT2D eigenvalue weighted by atomic mass is 32.2. The Morgan fingerprint density at radius 1 is 1.50 bits per heavy atom. The number of aryl methyl sites for hydroxylation is 1. The van der Waals surface area contributed by atoms with E-state index in [1.807, 2.05) is 11.9 Å². The Kier molecular flexibility index (Phi) is 5.98. The Morgan fingerprint density at radius 2 is 2.22 bits per heavy atom. The summed E-state index contributed by atoms with van der Waals surface area (Å²) in [5, 5.41) is 9.11. The molecular formula is C13H20N2O2S. The maximum Gasteiger partial charge on any atom is 0.335 e. The lowest BCUT2D eigenvalue weighted by molar-refractivity contribution is 0.0696. The van der Waals surface area contributed by atoms with E-state index in [4.69, 9.17) is 5.11 Å². The van der Waals surface area contributed by atoms with Gasteiger partial charge in [-0.05, 0) is 24.8 Å². The minimum absolute atomic E-state index is 0.319. The summed E-state index contributed by atoms with van der Waals surface area (Å²) >= 11 is 1.76. The van der Waals surface area contributed by atoms with Crippen molar-refractivity contribution >= 4 is 23.5 Å². The molecule has 0 aliphatic carbocycles. The minimum atomic E-state index is -0.894. The van der Waals surface area contributed by atoms with E-state index >= 15 is 0 Å². The molecule has 1 N–H and O–H groups in total. The van der Waals surface area contributed by atoms with Crippen molar-refractivity contribution in [3.63, 3.8) is 0 Å². The maximum absolute atomic E-state index is 11.1. The van der Waals surface area contributed by atoms with E-state index in [-0.39, 0.29) is 0 Å². The number of rotatable bonds is 7. The van der Waals surface area contributed by atoms with Crippen LogP contribution in [0.3, 0.4) is 0 Å². The lowest BCUT2D eigenvalue weighted by atomic mass is 10.1. The van der Waals surface area contributed by atoms with Gasteiger partial charge in [0, 0.05) is 25.0 Å². The number of carboxylic acids is 1. The van der Waals surface area contributed by atoms with E-state index < -0.39 is 5.97 Å². The third-order valence-electron chi connectivity index (χ3n) is 2.64.